The summed E-state index contributed by atoms with van der Waals surface area (Å²) >= 11 is 0. The number of benzene rings is 2. The van der Waals surface area contributed by atoms with Crippen LogP contribution in [0.2, 0.25) is 0 Å². The summed E-state index contributed by atoms with van der Waals surface area (Å²) in [5, 5.41) is 3.57. The van der Waals surface area contributed by atoms with Gasteiger partial charge in [-0.25, -0.2) is 4.98 Å². The quantitative estimate of drug-likeness (QED) is 0.185. The molecule has 7 heterocycles. The lowest BCUT2D eigenvalue weighted by molar-refractivity contribution is -0.210. The molecule has 4 aromatic rings. The molecule has 1 N–H and O–H groups in total. The van der Waals surface area contributed by atoms with E-state index in [1.165, 1.54) is 4.90 Å². The number of fused-ring (bicyclic) bond motifs is 2. The maximum Gasteiger partial charge on any atom is 0.404 e. The molecule has 1 spiro atoms. The van der Waals surface area contributed by atoms with E-state index in [9.17, 15) is 19.2 Å². The van der Waals surface area contributed by atoms with Crippen LogP contribution >= 0.6 is 0 Å². The Morgan fingerprint density at radius 1 is 0.882 bits per heavy atom. The zero-order valence-electron chi connectivity index (χ0n) is 38.7. The van der Waals surface area contributed by atoms with Crippen LogP contribution in [0.1, 0.15) is 72.9 Å². The van der Waals surface area contributed by atoms with Gasteiger partial charge in [0, 0.05) is 68.6 Å². The molecule has 10 rings (SSSR count). The lowest BCUT2D eigenvalue weighted by atomic mass is 9.61. The Morgan fingerprint density at radius 3 is 2.25 bits per heavy atom. The molecule has 0 radical (unpaired) electrons. The first-order valence-corrected chi connectivity index (χ1v) is 23.8. The van der Waals surface area contributed by atoms with Crippen molar-refractivity contribution >= 4 is 34.3 Å². The Hall–Kier alpha value is -5.72. The summed E-state index contributed by atoms with van der Waals surface area (Å²) in [5.41, 5.74) is 3.46. The molecule has 5 aliphatic heterocycles. The number of nitrogens with one attached hydrogen (secondary N) is 1. The number of rotatable bonds is 11. The topological polar surface area (TPSA) is 148 Å². The summed E-state index contributed by atoms with van der Waals surface area (Å²) in [6, 6.07) is 9.01. The molecule has 1 saturated carbocycles. The molecule has 0 bridgehead atoms. The van der Waals surface area contributed by atoms with Crippen molar-refractivity contribution in [3.8, 4) is 28.4 Å². The van der Waals surface area contributed by atoms with Gasteiger partial charge in [0.05, 0.1) is 44.5 Å². The zero-order valence-corrected chi connectivity index (χ0v) is 38.7. The van der Waals surface area contributed by atoms with Gasteiger partial charge < -0.3 is 33.3 Å². The number of anilines is 1. The third-order valence-corrected chi connectivity index (χ3v) is 15.5. The van der Waals surface area contributed by atoms with Gasteiger partial charge >= 0.3 is 6.18 Å². The molecule has 2 aromatic carbocycles. The largest absolute Gasteiger partial charge is 0.496 e. The molecule has 1 aliphatic carbocycles. The van der Waals surface area contributed by atoms with E-state index in [2.05, 4.69) is 20.1 Å². The van der Waals surface area contributed by atoms with E-state index in [0.29, 0.717) is 113 Å². The van der Waals surface area contributed by atoms with Gasteiger partial charge in [-0.3, -0.25) is 34.3 Å². The van der Waals surface area contributed by atoms with E-state index in [-0.39, 0.29) is 48.3 Å². The van der Waals surface area contributed by atoms with E-state index in [4.69, 9.17) is 18.9 Å². The zero-order chi connectivity index (χ0) is 47.5. The van der Waals surface area contributed by atoms with Crippen LogP contribution in [0.15, 0.2) is 53.6 Å². The van der Waals surface area contributed by atoms with Gasteiger partial charge in [-0.2, -0.15) is 13.2 Å². The van der Waals surface area contributed by atoms with E-state index in [1.807, 2.05) is 36.5 Å². The molecule has 6 aliphatic rings. The van der Waals surface area contributed by atoms with Gasteiger partial charge in [0.25, 0.3) is 11.5 Å². The Labute approximate surface area is 392 Å². The number of hydrogen-bond acceptors (Lipinski definition) is 12. The number of pyridine rings is 2. The summed E-state index contributed by atoms with van der Waals surface area (Å²) in [6.07, 6.45) is 3.08. The Bertz CT molecular complexity index is 2640. The Balaban J connectivity index is 0.759. The van der Waals surface area contributed by atoms with Gasteiger partial charge in [-0.1, -0.05) is 6.07 Å². The number of carbonyl (C=O) groups is 3. The highest BCUT2D eigenvalue weighted by molar-refractivity contribution is 6.05. The van der Waals surface area contributed by atoms with Crippen molar-refractivity contribution in [3.63, 3.8) is 0 Å². The van der Waals surface area contributed by atoms with E-state index < -0.39 is 30.1 Å². The highest BCUT2D eigenvalue weighted by Gasteiger charge is 2.53. The molecule has 362 valence electrons. The maximum absolute atomic E-state index is 15.1. The number of carbonyl (C=O) groups excluding carboxylic acids is 3. The van der Waals surface area contributed by atoms with Crippen LogP contribution < -0.4 is 30.0 Å². The predicted molar refractivity (Wildman–Crippen MR) is 246 cm³/mol. The number of nitrogens with zero attached hydrogens (tertiary/aromatic N) is 6. The summed E-state index contributed by atoms with van der Waals surface area (Å²) in [5.74, 6) is 0.910. The molecule has 2 atom stereocenters. The van der Waals surface area contributed by atoms with E-state index in [1.54, 1.807) is 43.0 Å². The fraction of sp³-hybridized carbons (Fsp3) is 0.540. The van der Waals surface area contributed by atoms with E-state index in [0.717, 1.165) is 46.3 Å². The lowest BCUT2D eigenvalue weighted by Crippen LogP contribution is -2.58. The standard InChI is InChI=1S/C50H58F3N7O8/c1-56-28-38(36-23-43(54-26-37(36)47(56)63)58-16-18-67-19-17-58)32-20-41(65-2)39(42(21-32)66-3)29-57-12-8-30(9-13-57)45(50(51,52)53)59-14-10-49(11-15-59)24-34(25-49)68-33-5-4-31-27-60(48(64)35(31)22-33)40-6-7-44(61)55-46(40)62/h4-5,20-23,26,28,30,34,40,45H,6-19,24-25,27,29H2,1-3H3,(H,55,61,62). The first-order chi connectivity index (χ1) is 32.7. The number of morpholine rings is 1. The number of aromatic nitrogens is 2. The number of methoxy groups -OCH3 is 2. The van der Waals surface area contributed by atoms with Crippen molar-refractivity contribution in [2.75, 3.05) is 71.6 Å². The molecule has 18 heteroatoms. The van der Waals surface area contributed by atoms with Crippen molar-refractivity contribution in [1.82, 2.24) is 29.6 Å². The van der Waals surface area contributed by atoms with Gasteiger partial charge in [0.2, 0.25) is 11.8 Å². The fourth-order valence-corrected chi connectivity index (χ4v) is 11.7. The lowest BCUT2D eigenvalue weighted by Gasteiger charge is -2.53. The van der Waals surface area contributed by atoms with Crippen molar-refractivity contribution in [2.24, 2.45) is 18.4 Å². The number of amides is 3. The number of halogens is 3. The van der Waals surface area contributed by atoms with Crippen LogP contribution in [0.3, 0.4) is 0 Å². The number of aryl methyl sites for hydroxylation is 1. The minimum Gasteiger partial charge on any atom is -0.496 e. The molecular weight excluding hydrogens is 884 g/mol. The normalized spacial score (nSPS) is 22.3. The van der Waals surface area contributed by atoms with Crippen LogP contribution in [-0.4, -0.2) is 133 Å². The summed E-state index contributed by atoms with van der Waals surface area (Å²) in [6.45, 7) is 5.05. The van der Waals surface area contributed by atoms with Crippen molar-refractivity contribution in [1.29, 1.82) is 0 Å². The predicted octanol–water partition coefficient (Wildman–Crippen LogP) is 5.68. The second-order valence-corrected chi connectivity index (χ2v) is 19.5. The molecular formula is C50H58F3N7O8. The van der Waals surface area contributed by atoms with Crippen LogP contribution in [0, 0.1) is 11.3 Å². The average Bonchev–Trinajstić information content (AvgIpc) is 3.65. The van der Waals surface area contributed by atoms with Crippen molar-refractivity contribution < 1.29 is 46.5 Å². The molecule has 3 amide bonds. The molecule has 2 aromatic heterocycles. The third-order valence-electron chi connectivity index (χ3n) is 15.5. The summed E-state index contributed by atoms with van der Waals surface area (Å²) in [7, 11) is 4.91. The third kappa shape index (κ3) is 8.79. The van der Waals surface area contributed by atoms with Crippen LogP contribution in [-0.2, 0) is 34.5 Å². The summed E-state index contributed by atoms with van der Waals surface area (Å²) in [4.78, 5) is 62.8. The van der Waals surface area contributed by atoms with Crippen LogP contribution in [0.25, 0.3) is 21.9 Å². The number of piperidine rings is 3. The number of ether oxygens (including phenoxy) is 4. The van der Waals surface area contributed by atoms with Gasteiger partial charge in [-0.15, -0.1) is 0 Å². The smallest absolute Gasteiger partial charge is 0.404 e. The van der Waals surface area contributed by atoms with Gasteiger partial charge in [0.1, 0.15) is 35.2 Å². The minimum atomic E-state index is -4.37. The Morgan fingerprint density at radius 2 is 1.59 bits per heavy atom. The second kappa shape index (κ2) is 18.3. The number of alkyl halides is 3. The second-order valence-electron chi connectivity index (χ2n) is 19.5. The molecule has 5 fully saturated rings. The summed E-state index contributed by atoms with van der Waals surface area (Å²) < 4.78 is 70.5. The van der Waals surface area contributed by atoms with Crippen LogP contribution in [0.5, 0.6) is 17.2 Å². The molecule has 4 saturated heterocycles. The first-order valence-electron chi connectivity index (χ1n) is 23.8. The Kier molecular flexibility index (Phi) is 12.4. The number of hydrogen-bond donors (Lipinski definition) is 1. The highest BCUT2D eigenvalue weighted by atomic mass is 19.4. The van der Waals surface area contributed by atoms with Crippen LogP contribution in [0.4, 0.5) is 19.0 Å². The first kappa shape index (κ1) is 46.0. The highest BCUT2D eigenvalue weighted by Crippen LogP contribution is 2.52. The molecule has 68 heavy (non-hydrogen) atoms. The maximum atomic E-state index is 15.1. The monoisotopic (exact) mass is 941 g/mol. The number of likely N-dealkylation sites (tertiary alicyclic amines) is 2. The van der Waals surface area contributed by atoms with Crippen molar-refractivity contribution in [3.05, 3.63) is 75.8 Å². The van der Waals surface area contributed by atoms with Gasteiger partial charge in [0.15, 0.2) is 0 Å². The average molecular weight is 942 g/mol. The number of imide groups is 1. The molecule has 15 nitrogen and oxygen atoms in total. The minimum absolute atomic E-state index is 0.0726. The van der Waals surface area contributed by atoms with Gasteiger partial charge in [-0.05, 0) is 124 Å². The van der Waals surface area contributed by atoms with E-state index >= 15 is 13.2 Å². The SMILES string of the molecule is COc1cc(-c2cn(C)c(=O)c3cnc(N4CCOCC4)cc23)cc(OC)c1CN1CCC(C(N2CCC3(CC2)CC(Oc2ccc4c(c2)C(=O)N(C2CCC(=O)NC2=O)C4)C3)C(F)(F)F)CC1. The fourth-order valence-electron chi connectivity index (χ4n) is 11.7. The van der Waals surface area contributed by atoms with Crippen molar-refractivity contribution in [2.45, 2.75) is 88.8 Å². The molecule has 2 unspecified atom stereocenters.